The lowest BCUT2D eigenvalue weighted by Crippen LogP contribution is -2.44. The SMILES string of the molecule is C=CC(=O)CCCCCCC(=O)NC(C)C(=O)CC(C)C(=O)NC(C)C(=O)CC(C)C(=O)OC(C)(C)C. The van der Waals surface area contributed by atoms with E-state index in [1.165, 1.54) is 13.0 Å². The van der Waals surface area contributed by atoms with E-state index < -0.39 is 41.4 Å². The Morgan fingerprint density at radius 2 is 1.24 bits per heavy atom. The van der Waals surface area contributed by atoms with Crippen LogP contribution in [0.5, 0.6) is 0 Å². The van der Waals surface area contributed by atoms with Crippen molar-refractivity contribution in [1.29, 1.82) is 0 Å². The van der Waals surface area contributed by atoms with Crippen molar-refractivity contribution >= 4 is 35.1 Å². The Balaban J connectivity index is 4.42. The van der Waals surface area contributed by atoms with Crippen LogP contribution in [0.15, 0.2) is 12.7 Å². The van der Waals surface area contributed by atoms with Crippen LogP contribution in [0.3, 0.4) is 0 Å². The van der Waals surface area contributed by atoms with Gasteiger partial charge in [0.2, 0.25) is 11.8 Å². The number of hydrogen-bond donors (Lipinski definition) is 2. The molecule has 4 unspecified atom stereocenters. The summed E-state index contributed by atoms with van der Waals surface area (Å²) >= 11 is 0. The van der Waals surface area contributed by atoms with Gasteiger partial charge in [-0.2, -0.15) is 0 Å². The van der Waals surface area contributed by atoms with Gasteiger partial charge in [-0.3, -0.25) is 28.8 Å². The summed E-state index contributed by atoms with van der Waals surface area (Å²) in [5.41, 5.74) is -0.652. The van der Waals surface area contributed by atoms with E-state index in [9.17, 15) is 28.8 Å². The van der Waals surface area contributed by atoms with Crippen molar-refractivity contribution in [1.82, 2.24) is 10.6 Å². The van der Waals surface area contributed by atoms with Gasteiger partial charge in [0.25, 0.3) is 0 Å². The molecule has 0 aliphatic carbocycles. The van der Waals surface area contributed by atoms with Crippen LogP contribution in [0.25, 0.3) is 0 Å². The fourth-order valence-electron chi connectivity index (χ4n) is 3.41. The van der Waals surface area contributed by atoms with E-state index in [1.807, 2.05) is 0 Å². The number of ketones is 3. The molecule has 0 rings (SSSR count). The van der Waals surface area contributed by atoms with Crippen molar-refractivity contribution in [2.75, 3.05) is 0 Å². The lowest BCUT2D eigenvalue weighted by Gasteiger charge is -2.23. The summed E-state index contributed by atoms with van der Waals surface area (Å²) in [5, 5.41) is 5.27. The third-order valence-corrected chi connectivity index (χ3v) is 5.78. The standard InChI is InChI=1S/C28H46N2O7/c1-9-22(31)14-12-10-11-13-15-25(34)29-20(4)23(32)16-18(2)26(35)30-21(5)24(33)17-19(3)27(36)37-28(6,7)8/h9,18-21H,1,10-17H2,2-8H3,(H,29,34)(H,30,35). The third kappa shape index (κ3) is 15.8. The number of carbonyl (C=O) groups excluding carboxylic acids is 6. The molecule has 0 saturated carbocycles. The highest BCUT2D eigenvalue weighted by molar-refractivity contribution is 5.94. The van der Waals surface area contributed by atoms with Crippen LogP contribution in [0.4, 0.5) is 0 Å². The molecular weight excluding hydrogens is 476 g/mol. The molecule has 0 aromatic heterocycles. The first kappa shape index (κ1) is 34.2. The van der Waals surface area contributed by atoms with Crippen LogP contribution in [-0.4, -0.2) is 52.8 Å². The largest absolute Gasteiger partial charge is 0.460 e. The van der Waals surface area contributed by atoms with Crippen LogP contribution in [0, 0.1) is 11.8 Å². The van der Waals surface area contributed by atoms with Crippen LogP contribution >= 0.6 is 0 Å². The Bertz CT molecular complexity index is 829. The van der Waals surface area contributed by atoms with E-state index in [1.54, 1.807) is 41.5 Å². The second-order valence-electron chi connectivity index (χ2n) is 10.8. The number of nitrogens with one attached hydrogen (secondary N) is 2. The maximum atomic E-state index is 12.5. The number of rotatable bonds is 18. The van der Waals surface area contributed by atoms with E-state index in [2.05, 4.69) is 17.2 Å². The summed E-state index contributed by atoms with van der Waals surface area (Å²) in [5.74, 6) is -3.07. The fraction of sp³-hybridized carbons (Fsp3) is 0.714. The number of allylic oxidation sites excluding steroid dienone is 1. The Kier molecular flexibility index (Phi) is 15.5. The lowest BCUT2D eigenvalue weighted by atomic mass is 9.98. The number of unbranched alkanes of at least 4 members (excludes halogenated alkanes) is 3. The summed E-state index contributed by atoms with van der Waals surface area (Å²) in [6, 6.07) is -1.55. The van der Waals surface area contributed by atoms with Gasteiger partial charge in [0, 0.05) is 31.6 Å². The minimum absolute atomic E-state index is 0.0156. The maximum Gasteiger partial charge on any atom is 0.309 e. The van der Waals surface area contributed by atoms with Crippen molar-refractivity contribution in [3.8, 4) is 0 Å². The third-order valence-electron chi connectivity index (χ3n) is 5.78. The highest BCUT2D eigenvalue weighted by atomic mass is 16.6. The zero-order chi connectivity index (χ0) is 28.8. The topological polar surface area (TPSA) is 136 Å². The zero-order valence-electron chi connectivity index (χ0n) is 23.6. The number of ether oxygens (including phenoxy) is 1. The molecule has 0 saturated heterocycles. The lowest BCUT2D eigenvalue weighted by molar-refractivity contribution is -0.160. The molecule has 0 radical (unpaired) electrons. The Morgan fingerprint density at radius 3 is 1.76 bits per heavy atom. The second kappa shape index (κ2) is 16.8. The molecule has 0 aromatic carbocycles. The average molecular weight is 523 g/mol. The van der Waals surface area contributed by atoms with Crippen molar-refractivity contribution in [2.45, 2.75) is 118 Å². The first-order chi connectivity index (χ1) is 17.1. The molecule has 4 atom stereocenters. The molecule has 9 nitrogen and oxygen atoms in total. The molecule has 2 amide bonds. The van der Waals surface area contributed by atoms with Crippen molar-refractivity contribution in [2.24, 2.45) is 11.8 Å². The maximum absolute atomic E-state index is 12.5. The quantitative estimate of drug-likeness (QED) is 0.159. The van der Waals surface area contributed by atoms with E-state index in [-0.39, 0.29) is 42.5 Å². The predicted octanol–water partition coefficient (Wildman–Crippen LogP) is 3.62. The number of hydrogen-bond acceptors (Lipinski definition) is 7. The molecule has 0 spiro atoms. The fourth-order valence-corrected chi connectivity index (χ4v) is 3.41. The smallest absolute Gasteiger partial charge is 0.309 e. The molecule has 2 N–H and O–H groups in total. The number of amides is 2. The van der Waals surface area contributed by atoms with Crippen molar-refractivity contribution < 1.29 is 33.5 Å². The van der Waals surface area contributed by atoms with Gasteiger partial charge >= 0.3 is 5.97 Å². The zero-order valence-corrected chi connectivity index (χ0v) is 23.6. The first-order valence-corrected chi connectivity index (χ1v) is 13.1. The van der Waals surface area contributed by atoms with Gasteiger partial charge < -0.3 is 15.4 Å². The normalized spacial score (nSPS) is 14.5. The van der Waals surface area contributed by atoms with Gasteiger partial charge in [-0.25, -0.2) is 0 Å². The van der Waals surface area contributed by atoms with Crippen LogP contribution in [0.1, 0.15) is 99.8 Å². The average Bonchev–Trinajstić information content (AvgIpc) is 2.79. The van der Waals surface area contributed by atoms with Crippen molar-refractivity contribution in [3.05, 3.63) is 12.7 Å². The monoisotopic (exact) mass is 522 g/mol. The molecule has 0 heterocycles. The molecule has 0 aliphatic heterocycles. The summed E-state index contributed by atoms with van der Waals surface area (Å²) in [6.45, 7) is 15.0. The van der Waals surface area contributed by atoms with E-state index in [0.29, 0.717) is 12.8 Å². The highest BCUT2D eigenvalue weighted by Gasteiger charge is 2.28. The molecule has 0 bridgehead atoms. The van der Waals surface area contributed by atoms with E-state index in [0.717, 1.165) is 19.3 Å². The molecule has 9 heteroatoms. The summed E-state index contributed by atoms with van der Waals surface area (Å²) in [6.07, 6.45) is 4.97. The highest BCUT2D eigenvalue weighted by Crippen LogP contribution is 2.15. The molecule has 210 valence electrons. The summed E-state index contributed by atoms with van der Waals surface area (Å²) in [4.78, 5) is 72.9. The van der Waals surface area contributed by atoms with Gasteiger partial charge in [-0.15, -0.1) is 0 Å². The first-order valence-electron chi connectivity index (χ1n) is 13.1. The number of carbonyl (C=O) groups is 6. The summed E-state index contributed by atoms with van der Waals surface area (Å²) in [7, 11) is 0. The second-order valence-corrected chi connectivity index (χ2v) is 10.8. The molecule has 0 fully saturated rings. The minimum Gasteiger partial charge on any atom is -0.460 e. The van der Waals surface area contributed by atoms with Crippen molar-refractivity contribution in [3.63, 3.8) is 0 Å². The van der Waals surface area contributed by atoms with E-state index in [4.69, 9.17) is 4.74 Å². The number of esters is 1. The molecule has 0 aliphatic rings. The minimum atomic E-state index is -0.818. The van der Waals surface area contributed by atoms with Crippen LogP contribution in [0.2, 0.25) is 0 Å². The van der Waals surface area contributed by atoms with Gasteiger partial charge in [0.15, 0.2) is 17.3 Å². The van der Waals surface area contributed by atoms with Gasteiger partial charge in [-0.05, 0) is 53.5 Å². The molecular formula is C28H46N2O7. The molecule has 37 heavy (non-hydrogen) atoms. The van der Waals surface area contributed by atoms with Gasteiger partial charge in [0.1, 0.15) is 5.60 Å². The Labute approximate surface area is 221 Å². The van der Waals surface area contributed by atoms with Gasteiger partial charge in [0.05, 0.1) is 18.0 Å². The van der Waals surface area contributed by atoms with E-state index >= 15 is 0 Å². The van der Waals surface area contributed by atoms with Gasteiger partial charge in [-0.1, -0.05) is 33.3 Å². The Morgan fingerprint density at radius 1 is 0.757 bits per heavy atom. The molecule has 0 aromatic rings. The number of Topliss-reactive ketones (excluding diaryl/α,β-unsaturated/α-hetero) is 2. The summed E-state index contributed by atoms with van der Waals surface area (Å²) < 4.78 is 5.28. The Hall–Kier alpha value is -2.84. The van der Waals surface area contributed by atoms with Crippen LogP contribution < -0.4 is 10.6 Å². The van der Waals surface area contributed by atoms with Crippen LogP contribution in [-0.2, 0) is 33.5 Å². The predicted molar refractivity (Wildman–Crippen MR) is 142 cm³/mol.